The van der Waals surface area contributed by atoms with Crippen LogP contribution in [0.3, 0.4) is 0 Å². The van der Waals surface area contributed by atoms with E-state index in [1.54, 1.807) is 0 Å². The second-order valence-corrected chi connectivity index (χ2v) is 4.34. The van der Waals surface area contributed by atoms with Crippen molar-refractivity contribution in [2.45, 2.75) is 20.3 Å². The molecule has 1 N–H and O–H groups in total. The minimum Gasteiger partial charge on any atom is -0.380 e. The third kappa shape index (κ3) is 10.7. The van der Waals surface area contributed by atoms with E-state index in [0.717, 1.165) is 26.3 Å². The third-order valence-electron chi connectivity index (χ3n) is 1.36. The molecule has 0 amide bonds. The largest absolute Gasteiger partial charge is 0.380 e. The predicted octanol–water partition coefficient (Wildman–Crippen LogP) is 2.07. The monoisotopic (exact) mass is 285 g/mol. The zero-order valence-corrected chi connectivity index (χ0v) is 10.3. The molecule has 0 atom stereocenters. The molecule has 0 aliphatic rings. The van der Waals surface area contributed by atoms with Gasteiger partial charge in [0.25, 0.3) is 0 Å². The maximum absolute atomic E-state index is 5.41. The molecule has 74 valence electrons. The van der Waals surface area contributed by atoms with Crippen LogP contribution >= 0.6 is 22.6 Å². The molecule has 0 aliphatic carbocycles. The van der Waals surface area contributed by atoms with Gasteiger partial charge in [-0.3, -0.25) is 0 Å². The fourth-order valence-corrected chi connectivity index (χ4v) is 1.16. The summed E-state index contributed by atoms with van der Waals surface area (Å²) in [5, 5.41) is 3.33. The Kier molecular flexibility index (Phi) is 10.3. The van der Waals surface area contributed by atoms with Gasteiger partial charge < -0.3 is 10.1 Å². The lowest BCUT2D eigenvalue weighted by atomic mass is 10.2. The van der Waals surface area contributed by atoms with Gasteiger partial charge in [0.2, 0.25) is 0 Å². The van der Waals surface area contributed by atoms with E-state index < -0.39 is 0 Å². The molecule has 0 aromatic carbocycles. The number of rotatable bonds is 8. The van der Waals surface area contributed by atoms with Gasteiger partial charge in [0.1, 0.15) is 0 Å². The van der Waals surface area contributed by atoms with Gasteiger partial charge in [0.05, 0.1) is 6.61 Å². The van der Waals surface area contributed by atoms with Gasteiger partial charge in [0, 0.05) is 17.6 Å². The Hall–Kier alpha value is 0.650. The van der Waals surface area contributed by atoms with Crippen molar-refractivity contribution < 1.29 is 4.74 Å². The van der Waals surface area contributed by atoms with Crippen molar-refractivity contribution in [3.05, 3.63) is 0 Å². The molecule has 12 heavy (non-hydrogen) atoms. The second-order valence-electron chi connectivity index (χ2n) is 3.26. The van der Waals surface area contributed by atoms with Crippen LogP contribution in [0.2, 0.25) is 0 Å². The van der Waals surface area contributed by atoms with Gasteiger partial charge in [0.15, 0.2) is 0 Å². The Morgan fingerprint density at radius 2 is 2.08 bits per heavy atom. The molecule has 0 spiro atoms. The molecular formula is C9H20INO. The highest BCUT2D eigenvalue weighted by Crippen LogP contribution is 1.91. The molecule has 0 saturated carbocycles. The number of ether oxygens (including phenoxy) is 1. The van der Waals surface area contributed by atoms with Crippen LogP contribution in [0.4, 0.5) is 0 Å². The topological polar surface area (TPSA) is 21.3 Å². The van der Waals surface area contributed by atoms with Crippen molar-refractivity contribution in [2.24, 2.45) is 5.92 Å². The van der Waals surface area contributed by atoms with E-state index >= 15 is 0 Å². The van der Waals surface area contributed by atoms with Crippen molar-refractivity contribution in [1.29, 1.82) is 0 Å². The SMILES string of the molecule is CC(C)COCCNCCCI. The highest BCUT2D eigenvalue weighted by molar-refractivity contribution is 14.1. The van der Waals surface area contributed by atoms with E-state index in [1.165, 1.54) is 10.8 Å². The zero-order valence-electron chi connectivity index (χ0n) is 8.11. The lowest BCUT2D eigenvalue weighted by Crippen LogP contribution is -2.21. The average Bonchev–Trinajstić information content (AvgIpc) is 2.02. The number of halogens is 1. The van der Waals surface area contributed by atoms with Crippen LogP contribution in [0.15, 0.2) is 0 Å². The van der Waals surface area contributed by atoms with E-state index in [4.69, 9.17) is 4.74 Å². The van der Waals surface area contributed by atoms with Crippen LogP contribution in [0, 0.1) is 5.92 Å². The minimum atomic E-state index is 0.652. The summed E-state index contributed by atoms with van der Waals surface area (Å²) < 4.78 is 6.64. The van der Waals surface area contributed by atoms with Crippen LogP contribution in [0.1, 0.15) is 20.3 Å². The highest BCUT2D eigenvalue weighted by atomic mass is 127. The van der Waals surface area contributed by atoms with Crippen molar-refractivity contribution in [1.82, 2.24) is 5.32 Å². The number of hydrogen-bond acceptors (Lipinski definition) is 2. The molecule has 0 rings (SSSR count). The first-order valence-electron chi connectivity index (χ1n) is 4.61. The molecule has 0 radical (unpaired) electrons. The maximum Gasteiger partial charge on any atom is 0.0591 e. The molecule has 0 fully saturated rings. The lowest BCUT2D eigenvalue weighted by molar-refractivity contribution is 0.112. The van der Waals surface area contributed by atoms with Crippen molar-refractivity contribution in [3.63, 3.8) is 0 Å². The quantitative estimate of drug-likeness (QED) is 0.419. The summed E-state index contributed by atoms with van der Waals surface area (Å²) in [6.07, 6.45) is 1.25. The van der Waals surface area contributed by atoms with Crippen LogP contribution in [-0.4, -0.2) is 30.7 Å². The minimum absolute atomic E-state index is 0.652. The van der Waals surface area contributed by atoms with Crippen LogP contribution in [0.25, 0.3) is 0 Å². The molecule has 0 unspecified atom stereocenters. The molecule has 0 saturated heterocycles. The molecule has 3 heteroatoms. The Bertz CT molecular complexity index is 88.6. The van der Waals surface area contributed by atoms with E-state index in [1.807, 2.05) is 0 Å². The van der Waals surface area contributed by atoms with E-state index in [2.05, 4.69) is 41.8 Å². The Morgan fingerprint density at radius 3 is 2.67 bits per heavy atom. The van der Waals surface area contributed by atoms with Crippen molar-refractivity contribution in [2.75, 3.05) is 30.7 Å². The lowest BCUT2D eigenvalue weighted by Gasteiger charge is -2.07. The molecule has 0 bridgehead atoms. The number of hydrogen-bond donors (Lipinski definition) is 1. The van der Waals surface area contributed by atoms with Crippen LogP contribution in [0.5, 0.6) is 0 Å². The molecule has 2 nitrogen and oxygen atoms in total. The van der Waals surface area contributed by atoms with Crippen molar-refractivity contribution >= 4 is 22.6 Å². The average molecular weight is 285 g/mol. The van der Waals surface area contributed by atoms with Crippen molar-refractivity contribution in [3.8, 4) is 0 Å². The molecule has 0 aromatic rings. The summed E-state index contributed by atoms with van der Waals surface area (Å²) >= 11 is 2.39. The normalized spacial score (nSPS) is 11.0. The number of alkyl halides is 1. The maximum atomic E-state index is 5.41. The summed E-state index contributed by atoms with van der Waals surface area (Å²) in [4.78, 5) is 0. The standard InChI is InChI=1S/C9H20INO/c1-9(2)8-12-7-6-11-5-3-4-10/h9,11H,3-8H2,1-2H3. The molecular weight excluding hydrogens is 265 g/mol. The van der Waals surface area contributed by atoms with E-state index in [-0.39, 0.29) is 0 Å². The van der Waals surface area contributed by atoms with Gasteiger partial charge >= 0.3 is 0 Å². The first-order valence-corrected chi connectivity index (χ1v) is 6.14. The van der Waals surface area contributed by atoms with Gasteiger partial charge in [-0.05, 0) is 18.9 Å². The molecule has 0 aromatic heterocycles. The fraction of sp³-hybridized carbons (Fsp3) is 1.00. The Labute approximate surface area is 89.6 Å². The highest BCUT2D eigenvalue weighted by Gasteiger charge is 1.92. The summed E-state index contributed by atoms with van der Waals surface area (Å²) in [6, 6.07) is 0. The Morgan fingerprint density at radius 1 is 1.33 bits per heavy atom. The smallest absolute Gasteiger partial charge is 0.0591 e. The summed E-state index contributed by atoms with van der Waals surface area (Å²) in [5.41, 5.74) is 0. The number of nitrogens with one attached hydrogen (secondary N) is 1. The third-order valence-corrected chi connectivity index (χ3v) is 2.12. The van der Waals surface area contributed by atoms with E-state index in [0.29, 0.717) is 5.92 Å². The summed E-state index contributed by atoms with van der Waals surface area (Å²) in [5.74, 6) is 0.652. The Balaban J connectivity index is 2.82. The second kappa shape index (κ2) is 9.74. The van der Waals surface area contributed by atoms with Gasteiger partial charge in [-0.1, -0.05) is 36.4 Å². The van der Waals surface area contributed by atoms with Crippen LogP contribution < -0.4 is 5.32 Å². The fourth-order valence-electron chi connectivity index (χ4n) is 0.780. The predicted molar refractivity (Wildman–Crippen MR) is 62.0 cm³/mol. The van der Waals surface area contributed by atoms with Gasteiger partial charge in [-0.15, -0.1) is 0 Å². The molecule has 0 heterocycles. The summed E-state index contributed by atoms with van der Waals surface area (Å²) in [7, 11) is 0. The molecule has 0 aliphatic heterocycles. The first kappa shape index (κ1) is 12.7. The van der Waals surface area contributed by atoms with Crippen LogP contribution in [-0.2, 0) is 4.74 Å². The summed E-state index contributed by atoms with van der Waals surface area (Å²) in [6.45, 7) is 8.18. The zero-order chi connectivity index (χ0) is 9.23. The van der Waals surface area contributed by atoms with Gasteiger partial charge in [-0.25, -0.2) is 0 Å². The van der Waals surface area contributed by atoms with Gasteiger partial charge in [-0.2, -0.15) is 0 Å². The first-order chi connectivity index (χ1) is 5.77. The van der Waals surface area contributed by atoms with E-state index in [9.17, 15) is 0 Å².